The fraction of sp³-hybridized carbons (Fsp3) is 0.300. The highest BCUT2D eigenvalue weighted by atomic mass is 16.6. The average molecular weight is 365 g/mol. The fourth-order valence-corrected chi connectivity index (χ4v) is 2.58. The van der Waals surface area contributed by atoms with Crippen LogP contribution in [0.1, 0.15) is 20.8 Å². The van der Waals surface area contributed by atoms with Gasteiger partial charge in [-0.1, -0.05) is 0 Å². The maximum Gasteiger partial charge on any atom is 0.414 e. The second-order valence-electron chi connectivity index (χ2n) is 7.13. The molecule has 0 saturated carbocycles. The van der Waals surface area contributed by atoms with Gasteiger partial charge in [0.25, 0.3) is 0 Å². The van der Waals surface area contributed by atoms with E-state index in [9.17, 15) is 4.79 Å². The molecule has 3 rings (SSSR count). The number of aromatic nitrogens is 3. The van der Waals surface area contributed by atoms with Gasteiger partial charge in [0.2, 0.25) is 0 Å². The van der Waals surface area contributed by atoms with Crippen LogP contribution < -0.4 is 10.2 Å². The third kappa shape index (κ3) is 4.13. The van der Waals surface area contributed by atoms with Crippen LogP contribution >= 0.6 is 0 Å². The Balaban J connectivity index is 2.01. The smallest absolute Gasteiger partial charge is 0.414 e. The van der Waals surface area contributed by atoms with Crippen LogP contribution in [0.5, 0.6) is 0 Å². The summed E-state index contributed by atoms with van der Waals surface area (Å²) in [6.45, 7) is 5.52. The summed E-state index contributed by atoms with van der Waals surface area (Å²) in [5.41, 5.74) is 1.76. The Morgan fingerprint density at radius 2 is 1.96 bits per heavy atom. The molecule has 27 heavy (non-hydrogen) atoms. The number of pyridine rings is 1. The number of nitrogens with zero attached hydrogens (tertiary/aromatic N) is 4. The van der Waals surface area contributed by atoms with Crippen molar-refractivity contribution in [2.24, 2.45) is 0 Å². The lowest BCUT2D eigenvalue weighted by atomic mass is 10.1. The van der Waals surface area contributed by atoms with E-state index in [4.69, 9.17) is 4.74 Å². The van der Waals surface area contributed by atoms with Crippen molar-refractivity contribution in [1.82, 2.24) is 15.0 Å². The molecule has 0 spiro atoms. The van der Waals surface area contributed by atoms with Crippen LogP contribution in [0.4, 0.5) is 16.3 Å². The summed E-state index contributed by atoms with van der Waals surface area (Å²) in [6.07, 6.45) is 3.02. The molecular formula is C20H23N5O2. The van der Waals surface area contributed by atoms with Crippen LogP contribution in [0.25, 0.3) is 22.3 Å². The minimum absolute atomic E-state index is 0.416. The molecule has 1 amide bonds. The SMILES string of the molecule is CNc1nc(-c2cccnc2)nc2ccc(N(C)C(=O)OC(C)(C)C)cc12. The zero-order valence-electron chi connectivity index (χ0n) is 16.1. The number of anilines is 2. The van der Waals surface area contributed by atoms with Gasteiger partial charge in [0.05, 0.1) is 5.52 Å². The van der Waals surface area contributed by atoms with Crippen molar-refractivity contribution < 1.29 is 9.53 Å². The summed E-state index contributed by atoms with van der Waals surface area (Å²) in [7, 11) is 3.48. The van der Waals surface area contributed by atoms with E-state index in [-0.39, 0.29) is 0 Å². The van der Waals surface area contributed by atoms with Gasteiger partial charge in [0.15, 0.2) is 5.82 Å². The Morgan fingerprint density at radius 1 is 1.19 bits per heavy atom. The van der Waals surface area contributed by atoms with E-state index in [1.807, 2.05) is 51.1 Å². The Morgan fingerprint density at radius 3 is 2.59 bits per heavy atom. The van der Waals surface area contributed by atoms with E-state index >= 15 is 0 Å². The summed E-state index contributed by atoms with van der Waals surface area (Å²) in [4.78, 5) is 27.2. The normalized spacial score (nSPS) is 11.3. The average Bonchev–Trinajstić information content (AvgIpc) is 2.65. The Bertz CT molecular complexity index is 967. The number of carbonyl (C=O) groups excluding carboxylic acids is 1. The van der Waals surface area contributed by atoms with Gasteiger partial charge < -0.3 is 10.1 Å². The number of nitrogens with one attached hydrogen (secondary N) is 1. The zero-order chi connectivity index (χ0) is 19.6. The van der Waals surface area contributed by atoms with E-state index in [1.165, 1.54) is 4.90 Å². The zero-order valence-corrected chi connectivity index (χ0v) is 16.1. The largest absolute Gasteiger partial charge is 0.443 e. The molecule has 0 atom stereocenters. The molecule has 7 nitrogen and oxygen atoms in total. The van der Waals surface area contributed by atoms with Gasteiger partial charge in [-0.2, -0.15) is 0 Å². The van der Waals surface area contributed by atoms with E-state index < -0.39 is 11.7 Å². The number of fused-ring (bicyclic) bond motifs is 1. The van der Waals surface area contributed by atoms with Crippen molar-refractivity contribution in [1.29, 1.82) is 0 Å². The molecular weight excluding hydrogens is 342 g/mol. The first-order valence-corrected chi connectivity index (χ1v) is 8.65. The topological polar surface area (TPSA) is 80.2 Å². The number of hydrogen-bond donors (Lipinski definition) is 1. The minimum Gasteiger partial charge on any atom is -0.443 e. The number of hydrogen-bond acceptors (Lipinski definition) is 6. The molecule has 0 aliphatic carbocycles. The van der Waals surface area contributed by atoms with Gasteiger partial charge in [-0.15, -0.1) is 0 Å². The molecule has 1 aromatic carbocycles. The molecule has 7 heteroatoms. The van der Waals surface area contributed by atoms with Crippen molar-refractivity contribution in [2.75, 3.05) is 24.3 Å². The quantitative estimate of drug-likeness (QED) is 0.752. The lowest BCUT2D eigenvalue weighted by Crippen LogP contribution is -2.34. The van der Waals surface area contributed by atoms with E-state index in [0.29, 0.717) is 17.3 Å². The van der Waals surface area contributed by atoms with Crippen molar-refractivity contribution in [3.63, 3.8) is 0 Å². The second-order valence-corrected chi connectivity index (χ2v) is 7.13. The summed E-state index contributed by atoms with van der Waals surface area (Å²) in [5.74, 6) is 1.27. The van der Waals surface area contributed by atoms with Gasteiger partial charge in [0, 0.05) is 43.1 Å². The third-order valence-electron chi connectivity index (χ3n) is 3.89. The van der Waals surface area contributed by atoms with Gasteiger partial charge in [-0.05, 0) is 51.1 Å². The second kappa shape index (κ2) is 7.19. The van der Waals surface area contributed by atoms with Gasteiger partial charge >= 0.3 is 6.09 Å². The van der Waals surface area contributed by atoms with Crippen LogP contribution in [-0.4, -0.2) is 40.7 Å². The van der Waals surface area contributed by atoms with Crippen molar-refractivity contribution >= 4 is 28.5 Å². The predicted molar refractivity (Wildman–Crippen MR) is 107 cm³/mol. The number of rotatable bonds is 3. The molecule has 140 valence electrons. The van der Waals surface area contributed by atoms with Gasteiger partial charge in [-0.25, -0.2) is 14.8 Å². The number of amides is 1. The van der Waals surface area contributed by atoms with E-state index in [0.717, 1.165) is 16.5 Å². The first-order valence-electron chi connectivity index (χ1n) is 8.65. The molecule has 0 unspecified atom stereocenters. The molecule has 0 bridgehead atoms. The molecule has 0 aliphatic heterocycles. The van der Waals surface area contributed by atoms with Crippen molar-refractivity contribution in [3.8, 4) is 11.4 Å². The Kier molecular flexibility index (Phi) is 4.94. The highest BCUT2D eigenvalue weighted by Gasteiger charge is 2.21. The number of ether oxygens (including phenoxy) is 1. The first kappa shape index (κ1) is 18.6. The molecule has 1 N–H and O–H groups in total. The van der Waals surface area contributed by atoms with Crippen molar-refractivity contribution in [3.05, 3.63) is 42.7 Å². The molecule has 0 fully saturated rings. The Labute approximate surface area is 158 Å². The van der Waals surface area contributed by atoms with E-state index in [2.05, 4.69) is 20.3 Å². The highest BCUT2D eigenvalue weighted by Crippen LogP contribution is 2.28. The predicted octanol–water partition coefficient (Wildman–Crippen LogP) is 4.10. The van der Waals surface area contributed by atoms with Gasteiger partial charge in [-0.3, -0.25) is 9.88 Å². The fourth-order valence-electron chi connectivity index (χ4n) is 2.58. The van der Waals surface area contributed by atoms with Crippen LogP contribution in [0.2, 0.25) is 0 Å². The molecule has 0 radical (unpaired) electrons. The molecule has 2 heterocycles. The van der Waals surface area contributed by atoms with Crippen LogP contribution in [0.15, 0.2) is 42.7 Å². The monoisotopic (exact) mass is 365 g/mol. The maximum absolute atomic E-state index is 12.3. The summed E-state index contributed by atoms with van der Waals surface area (Å²) in [6, 6.07) is 9.34. The minimum atomic E-state index is -0.555. The summed E-state index contributed by atoms with van der Waals surface area (Å²) < 4.78 is 5.43. The number of benzene rings is 1. The molecule has 0 saturated heterocycles. The number of carbonyl (C=O) groups is 1. The molecule has 3 aromatic rings. The van der Waals surface area contributed by atoms with Crippen LogP contribution in [0.3, 0.4) is 0 Å². The Hall–Kier alpha value is -3.22. The van der Waals surface area contributed by atoms with Crippen molar-refractivity contribution in [2.45, 2.75) is 26.4 Å². The first-order chi connectivity index (χ1) is 12.8. The highest BCUT2D eigenvalue weighted by molar-refractivity contribution is 5.96. The summed E-state index contributed by atoms with van der Waals surface area (Å²) >= 11 is 0. The standard InChI is InChI=1S/C20H23N5O2/c1-20(2,3)27-19(26)25(5)14-8-9-16-15(11-14)18(21-4)24-17(23-16)13-7-6-10-22-12-13/h6-12H,1-5H3,(H,21,23,24). The van der Waals surface area contributed by atoms with Crippen LogP contribution in [-0.2, 0) is 4.74 Å². The molecule has 0 aliphatic rings. The molecule has 2 aromatic heterocycles. The van der Waals surface area contributed by atoms with Crippen LogP contribution in [0, 0.1) is 0 Å². The summed E-state index contributed by atoms with van der Waals surface area (Å²) in [5, 5.41) is 3.93. The van der Waals surface area contributed by atoms with E-state index in [1.54, 1.807) is 26.5 Å². The lowest BCUT2D eigenvalue weighted by Gasteiger charge is -2.25. The third-order valence-corrected chi connectivity index (χ3v) is 3.89. The lowest BCUT2D eigenvalue weighted by molar-refractivity contribution is 0.0589. The van der Waals surface area contributed by atoms with Gasteiger partial charge in [0.1, 0.15) is 11.4 Å². The maximum atomic E-state index is 12.3.